The van der Waals surface area contributed by atoms with Crippen molar-refractivity contribution in [3.63, 3.8) is 0 Å². The molecule has 1 aliphatic rings. The highest BCUT2D eigenvalue weighted by atomic mass is 32.1. The second-order valence-corrected chi connectivity index (χ2v) is 5.26. The zero-order valence-corrected chi connectivity index (χ0v) is 11.3. The first kappa shape index (κ1) is 13.1. The molecule has 1 aromatic carbocycles. The number of thiol groups is 2. The van der Waals surface area contributed by atoms with Crippen LogP contribution in [0.2, 0.25) is 0 Å². The van der Waals surface area contributed by atoms with Crippen LogP contribution in [-0.4, -0.2) is 17.4 Å². The Bertz CT molecular complexity index is 490. The fourth-order valence-electron chi connectivity index (χ4n) is 1.62. The Kier molecular flexibility index (Phi) is 3.45. The number of carbonyl (C=O) groups excluding carboxylic acids is 2. The molecule has 0 saturated carbocycles. The van der Waals surface area contributed by atoms with Crippen LogP contribution in [0.1, 0.15) is 12.5 Å². The molecule has 2 N–H and O–H groups in total. The van der Waals surface area contributed by atoms with Crippen LogP contribution in [0.5, 0.6) is 5.75 Å². The second-order valence-electron chi connectivity index (χ2n) is 3.86. The molecule has 3 amide bonds. The summed E-state index contributed by atoms with van der Waals surface area (Å²) in [5.74, 6) is 0.134. The van der Waals surface area contributed by atoms with Crippen LogP contribution in [0.3, 0.4) is 0 Å². The van der Waals surface area contributed by atoms with Crippen molar-refractivity contribution in [1.82, 2.24) is 10.6 Å². The predicted octanol–water partition coefficient (Wildman–Crippen LogP) is 1.26. The maximum Gasteiger partial charge on any atom is 0.323 e. The van der Waals surface area contributed by atoms with Crippen molar-refractivity contribution < 1.29 is 14.3 Å². The molecule has 0 aliphatic carbocycles. The highest BCUT2D eigenvalue weighted by molar-refractivity contribution is 7.82. The van der Waals surface area contributed by atoms with Gasteiger partial charge in [-0.2, -0.15) is 0 Å². The van der Waals surface area contributed by atoms with Crippen LogP contribution in [-0.2, 0) is 9.67 Å². The number of benzene rings is 1. The molecule has 2 atom stereocenters. The minimum absolute atomic E-state index is 0.227. The number of hydrogen-bond acceptors (Lipinski definition) is 5. The molecule has 1 saturated heterocycles. The third-order valence-electron chi connectivity index (χ3n) is 2.43. The zero-order valence-electron chi connectivity index (χ0n) is 9.51. The first-order valence-electron chi connectivity index (χ1n) is 5.23. The molecule has 1 aliphatic heterocycles. The molecule has 0 bridgehead atoms. The van der Waals surface area contributed by atoms with Gasteiger partial charge in [0, 0.05) is 0 Å². The average molecular weight is 284 g/mol. The summed E-state index contributed by atoms with van der Waals surface area (Å²) in [6, 6.07) is 6.17. The van der Waals surface area contributed by atoms with Crippen LogP contribution >= 0.6 is 25.3 Å². The largest absolute Gasteiger partial charge is 0.480 e. The molecular weight excluding hydrogens is 272 g/mol. The van der Waals surface area contributed by atoms with Crippen molar-refractivity contribution in [3.8, 4) is 5.75 Å². The topological polar surface area (TPSA) is 67.4 Å². The molecule has 18 heavy (non-hydrogen) atoms. The van der Waals surface area contributed by atoms with Gasteiger partial charge in [-0.1, -0.05) is 12.1 Å². The number of rotatable bonds is 3. The van der Waals surface area contributed by atoms with Crippen LogP contribution in [0.25, 0.3) is 0 Å². The minimum atomic E-state index is -1.33. The third kappa shape index (κ3) is 2.41. The molecule has 96 valence electrons. The first-order valence-corrected chi connectivity index (χ1v) is 6.19. The lowest BCUT2D eigenvalue weighted by molar-refractivity contribution is -0.121. The van der Waals surface area contributed by atoms with Gasteiger partial charge in [0.05, 0.1) is 0 Å². The molecule has 2 rings (SSSR count). The van der Waals surface area contributed by atoms with Crippen LogP contribution < -0.4 is 15.4 Å². The van der Waals surface area contributed by atoms with E-state index in [4.69, 9.17) is 4.74 Å². The Morgan fingerprint density at radius 2 is 1.89 bits per heavy atom. The zero-order chi connectivity index (χ0) is 13.3. The summed E-state index contributed by atoms with van der Waals surface area (Å²) in [5, 5.41) is 4.61. The average Bonchev–Trinajstić information content (AvgIpc) is 2.53. The highest BCUT2D eigenvalue weighted by Crippen LogP contribution is 2.30. The number of ether oxygens (including phenoxy) is 1. The Hall–Kier alpha value is -1.34. The summed E-state index contributed by atoms with van der Waals surface area (Å²) in [6.07, 6.45) is 0. The van der Waals surface area contributed by atoms with Crippen molar-refractivity contribution in [1.29, 1.82) is 0 Å². The van der Waals surface area contributed by atoms with Crippen molar-refractivity contribution in [2.75, 3.05) is 0 Å². The van der Waals surface area contributed by atoms with E-state index < -0.39 is 16.8 Å². The SMILES string of the molecule is CC(S)Oc1ccc(C2(S)NC(=O)NC2=O)cc1. The normalized spacial score (nSPS) is 24.4. The standard InChI is InChI=1S/C11H12N2O3S2/c1-6(17)16-8-4-2-7(3-5-8)11(18)9(14)12-10(15)13-11/h2-6,17-18H,1H3,(H2,12,13,14,15). The summed E-state index contributed by atoms with van der Waals surface area (Å²) in [7, 11) is 0. The van der Waals surface area contributed by atoms with E-state index in [0.717, 1.165) is 0 Å². The summed E-state index contributed by atoms with van der Waals surface area (Å²) in [4.78, 5) is 21.5. The molecule has 1 aromatic rings. The summed E-state index contributed by atoms with van der Waals surface area (Å²) in [6.45, 7) is 1.79. The maximum atomic E-state index is 11.7. The van der Waals surface area contributed by atoms with Gasteiger partial charge < -0.3 is 10.1 Å². The number of carbonyl (C=O) groups is 2. The van der Waals surface area contributed by atoms with Gasteiger partial charge in [-0.05, 0) is 24.6 Å². The van der Waals surface area contributed by atoms with Crippen molar-refractivity contribution in [3.05, 3.63) is 29.8 Å². The van der Waals surface area contributed by atoms with Crippen molar-refractivity contribution in [2.24, 2.45) is 0 Å². The fourth-order valence-corrected chi connectivity index (χ4v) is 2.05. The maximum absolute atomic E-state index is 11.7. The van der Waals surface area contributed by atoms with Crippen molar-refractivity contribution in [2.45, 2.75) is 17.2 Å². The molecule has 7 heteroatoms. The van der Waals surface area contributed by atoms with E-state index in [1.165, 1.54) is 0 Å². The number of imide groups is 1. The number of amides is 3. The summed E-state index contributed by atoms with van der Waals surface area (Å²) in [5.41, 5.74) is 0.337. The first-order chi connectivity index (χ1) is 8.41. The molecule has 5 nitrogen and oxygen atoms in total. The van der Waals surface area contributed by atoms with Crippen LogP contribution in [0.15, 0.2) is 24.3 Å². The van der Waals surface area contributed by atoms with Crippen LogP contribution in [0.4, 0.5) is 4.79 Å². The summed E-state index contributed by atoms with van der Waals surface area (Å²) >= 11 is 8.34. The van der Waals surface area contributed by atoms with E-state index in [1.807, 2.05) is 0 Å². The highest BCUT2D eigenvalue weighted by Gasteiger charge is 2.44. The van der Waals surface area contributed by atoms with E-state index in [-0.39, 0.29) is 5.44 Å². The molecule has 0 aromatic heterocycles. The molecular formula is C11H12N2O3S2. The molecule has 1 fully saturated rings. The lowest BCUT2D eigenvalue weighted by Crippen LogP contribution is -2.37. The monoisotopic (exact) mass is 284 g/mol. The lowest BCUT2D eigenvalue weighted by atomic mass is 10.1. The van der Waals surface area contributed by atoms with E-state index in [1.54, 1.807) is 31.2 Å². The van der Waals surface area contributed by atoms with Gasteiger partial charge in [-0.25, -0.2) is 4.79 Å². The van der Waals surface area contributed by atoms with Gasteiger partial charge in [0.2, 0.25) is 0 Å². The number of hydrogen-bond donors (Lipinski definition) is 4. The second kappa shape index (κ2) is 4.74. The molecule has 0 radical (unpaired) electrons. The summed E-state index contributed by atoms with van der Waals surface area (Å²) < 4.78 is 5.36. The van der Waals surface area contributed by atoms with Gasteiger partial charge in [0.15, 0.2) is 4.87 Å². The minimum Gasteiger partial charge on any atom is -0.480 e. The Morgan fingerprint density at radius 3 is 2.33 bits per heavy atom. The smallest absolute Gasteiger partial charge is 0.323 e. The van der Waals surface area contributed by atoms with E-state index in [9.17, 15) is 9.59 Å². The van der Waals surface area contributed by atoms with E-state index in [2.05, 4.69) is 35.9 Å². The molecule has 1 heterocycles. The quantitative estimate of drug-likeness (QED) is 0.384. The van der Waals surface area contributed by atoms with Gasteiger partial charge in [0.1, 0.15) is 11.2 Å². The predicted molar refractivity (Wildman–Crippen MR) is 72.9 cm³/mol. The Labute approximate surface area is 115 Å². The Balaban J connectivity index is 2.24. The third-order valence-corrected chi connectivity index (χ3v) is 3.11. The van der Waals surface area contributed by atoms with Gasteiger partial charge in [0.25, 0.3) is 5.91 Å². The van der Waals surface area contributed by atoms with E-state index >= 15 is 0 Å². The van der Waals surface area contributed by atoms with Gasteiger partial charge in [-0.15, -0.1) is 25.3 Å². The number of urea groups is 1. The molecule has 0 spiro atoms. The van der Waals surface area contributed by atoms with Gasteiger partial charge >= 0.3 is 6.03 Å². The Morgan fingerprint density at radius 1 is 1.28 bits per heavy atom. The van der Waals surface area contributed by atoms with Crippen LogP contribution in [0, 0.1) is 0 Å². The number of nitrogens with one attached hydrogen (secondary N) is 2. The molecule has 2 unspecified atom stereocenters. The van der Waals surface area contributed by atoms with Crippen molar-refractivity contribution >= 4 is 37.2 Å². The van der Waals surface area contributed by atoms with E-state index in [0.29, 0.717) is 11.3 Å². The van der Waals surface area contributed by atoms with Gasteiger partial charge in [-0.3, -0.25) is 10.1 Å². The fraction of sp³-hybridized carbons (Fsp3) is 0.273. The lowest BCUT2D eigenvalue weighted by Gasteiger charge is -2.20.